The van der Waals surface area contributed by atoms with E-state index in [0.717, 1.165) is 11.8 Å². The van der Waals surface area contributed by atoms with Gasteiger partial charge in [0.05, 0.1) is 11.4 Å². The second kappa shape index (κ2) is 5.18. The van der Waals surface area contributed by atoms with Gasteiger partial charge in [0.25, 0.3) is 0 Å². The summed E-state index contributed by atoms with van der Waals surface area (Å²) in [6.45, 7) is 1.67. The van der Waals surface area contributed by atoms with Gasteiger partial charge in [-0.05, 0) is 24.6 Å². The number of hydrogen-bond acceptors (Lipinski definition) is 4. The third-order valence-corrected chi connectivity index (χ3v) is 3.20. The minimum atomic E-state index is -0.940. The molecule has 0 bridgehead atoms. The Bertz CT molecular complexity index is 585. The van der Waals surface area contributed by atoms with E-state index >= 15 is 0 Å². The minimum absolute atomic E-state index is 0.118. The van der Waals surface area contributed by atoms with Crippen molar-refractivity contribution in [2.24, 2.45) is 0 Å². The van der Waals surface area contributed by atoms with Crippen LogP contribution in [0, 0.1) is 12.7 Å². The Morgan fingerprint density at radius 3 is 3.00 bits per heavy atom. The molecular formula is C11H10FN3O2S. The monoisotopic (exact) mass is 267 g/mol. The van der Waals surface area contributed by atoms with E-state index in [2.05, 4.69) is 10.2 Å². The fourth-order valence-corrected chi connectivity index (χ4v) is 2.01. The van der Waals surface area contributed by atoms with Crippen molar-refractivity contribution in [3.8, 4) is 5.69 Å². The largest absolute Gasteiger partial charge is 0.481 e. The first-order valence-electron chi connectivity index (χ1n) is 5.09. The molecule has 0 aliphatic heterocycles. The van der Waals surface area contributed by atoms with Gasteiger partial charge in [-0.25, -0.2) is 4.39 Å². The lowest BCUT2D eigenvalue weighted by molar-refractivity contribution is -0.133. The summed E-state index contributed by atoms with van der Waals surface area (Å²) < 4.78 is 15.0. The molecule has 1 N–H and O–H groups in total. The van der Waals surface area contributed by atoms with Gasteiger partial charge < -0.3 is 5.11 Å². The van der Waals surface area contributed by atoms with Crippen molar-refractivity contribution < 1.29 is 14.3 Å². The normalized spacial score (nSPS) is 10.6. The average molecular weight is 267 g/mol. The topological polar surface area (TPSA) is 68.0 Å². The maximum Gasteiger partial charge on any atom is 0.313 e. The SMILES string of the molecule is Cc1ccc(-n2cnnc2SCC(=O)O)cc1F. The minimum Gasteiger partial charge on any atom is -0.481 e. The molecule has 2 rings (SSSR count). The molecule has 1 aromatic carbocycles. The first-order chi connectivity index (χ1) is 8.58. The molecule has 0 unspecified atom stereocenters. The maximum atomic E-state index is 13.5. The molecule has 2 aromatic rings. The number of nitrogens with zero attached hydrogens (tertiary/aromatic N) is 3. The summed E-state index contributed by atoms with van der Waals surface area (Å²) in [5.41, 5.74) is 1.11. The van der Waals surface area contributed by atoms with Crippen LogP contribution in [0.25, 0.3) is 5.69 Å². The standard InChI is InChI=1S/C11H10FN3O2S/c1-7-2-3-8(4-9(7)12)15-6-13-14-11(15)18-5-10(16)17/h2-4,6H,5H2,1H3,(H,16,17). The van der Waals surface area contributed by atoms with Crippen molar-refractivity contribution in [2.75, 3.05) is 5.75 Å². The van der Waals surface area contributed by atoms with Crippen LogP contribution in [0.15, 0.2) is 29.7 Å². The quantitative estimate of drug-likeness (QED) is 0.857. The Hall–Kier alpha value is -1.89. The molecule has 0 spiro atoms. The van der Waals surface area contributed by atoms with Gasteiger partial charge in [-0.1, -0.05) is 17.8 Å². The van der Waals surface area contributed by atoms with E-state index in [1.54, 1.807) is 23.6 Å². The molecule has 7 heteroatoms. The number of aliphatic carboxylic acids is 1. The Labute approximate surface area is 107 Å². The summed E-state index contributed by atoms with van der Waals surface area (Å²) in [5, 5.41) is 16.5. The third-order valence-electron chi connectivity index (χ3n) is 2.27. The number of hydrogen-bond donors (Lipinski definition) is 1. The number of rotatable bonds is 4. The number of aryl methyl sites for hydroxylation is 1. The van der Waals surface area contributed by atoms with Gasteiger partial charge in [0.1, 0.15) is 12.1 Å². The number of aromatic nitrogens is 3. The lowest BCUT2D eigenvalue weighted by Crippen LogP contribution is -2.01. The van der Waals surface area contributed by atoms with Crippen molar-refractivity contribution in [3.05, 3.63) is 35.9 Å². The van der Waals surface area contributed by atoms with E-state index in [9.17, 15) is 9.18 Å². The number of halogens is 1. The summed E-state index contributed by atoms with van der Waals surface area (Å²) in [6.07, 6.45) is 1.42. The third kappa shape index (κ3) is 2.67. The second-order valence-electron chi connectivity index (χ2n) is 3.60. The van der Waals surface area contributed by atoms with Gasteiger partial charge in [0.2, 0.25) is 0 Å². The molecule has 0 radical (unpaired) electrons. The molecule has 1 heterocycles. The molecule has 0 fully saturated rings. The molecule has 0 aliphatic carbocycles. The van der Waals surface area contributed by atoms with E-state index in [0.29, 0.717) is 16.4 Å². The Morgan fingerprint density at radius 2 is 2.33 bits per heavy atom. The zero-order valence-electron chi connectivity index (χ0n) is 9.50. The summed E-state index contributed by atoms with van der Waals surface area (Å²) >= 11 is 1.03. The molecule has 0 atom stereocenters. The average Bonchev–Trinajstić information content (AvgIpc) is 2.78. The molecule has 0 saturated heterocycles. The molecule has 18 heavy (non-hydrogen) atoms. The smallest absolute Gasteiger partial charge is 0.313 e. The molecule has 5 nitrogen and oxygen atoms in total. The van der Waals surface area contributed by atoms with Gasteiger partial charge in [0.15, 0.2) is 5.16 Å². The fraction of sp³-hybridized carbons (Fsp3) is 0.182. The zero-order valence-corrected chi connectivity index (χ0v) is 10.3. The molecule has 0 amide bonds. The predicted octanol–water partition coefficient (Wildman–Crippen LogP) is 1.89. The number of thioether (sulfide) groups is 1. The van der Waals surface area contributed by atoms with Gasteiger partial charge >= 0.3 is 5.97 Å². The van der Waals surface area contributed by atoms with E-state index in [-0.39, 0.29) is 11.6 Å². The summed E-state index contributed by atoms with van der Waals surface area (Å²) in [5.74, 6) is -1.38. The zero-order chi connectivity index (χ0) is 13.1. The van der Waals surface area contributed by atoms with E-state index in [1.165, 1.54) is 12.4 Å². The number of carboxylic acid groups (broad SMARTS) is 1. The first-order valence-corrected chi connectivity index (χ1v) is 6.07. The lowest BCUT2D eigenvalue weighted by Gasteiger charge is -2.06. The highest BCUT2D eigenvalue weighted by molar-refractivity contribution is 7.99. The first kappa shape index (κ1) is 12.6. The highest BCUT2D eigenvalue weighted by Gasteiger charge is 2.10. The molecule has 0 saturated carbocycles. The van der Waals surface area contributed by atoms with Crippen LogP contribution >= 0.6 is 11.8 Å². The van der Waals surface area contributed by atoms with Crippen LogP contribution in [0.2, 0.25) is 0 Å². The van der Waals surface area contributed by atoms with Crippen LogP contribution in [-0.2, 0) is 4.79 Å². The maximum absolute atomic E-state index is 13.5. The number of carboxylic acids is 1. The van der Waals surface area contributed by atoms with Crippen molar-refractivity contribution in [2.45, 2.75) is 12.1 Å². The van der Waals surface area contributed by atoms with E-state index < -0.39 is 5.97 Å². The van der Waals surface area contributed by atoms with Crippen LogP contribution < -0.4 is 0 Å². The molecular weight excluding hydrogens is 257 g/mol. The fourth-order valence-electron chi connectivity index (χ4n) is 1.36. The predicted molar refractivity (Wildman–Crippen MR) is 64.4 cm³/mol. The lowest BCUT2D eigenvalue weighted by atomic mass is 10.2. The van der Waals surface area contributed by atoms with Gasteiger partial charge in [-0.3, -0.25) is 9.36 Å². The second-order valence-corrected chi connectivity index (χ2v) is 4.54. The Morgan fingerprint density at radius 1 is 1.56 bits per heavy atom. The highest BCUT2D eigenvalue weighted by Crippen LogP contribution is 2.20. The van der Waals surface area contributed by atoms with Crippen LogP contribution in [0.3, 0.4) is 0 Å². The van der Waals surface area contributed by atoms with Crippen LogP contribution in [0.4, 0.5) is 4.39 Å². The number of benzene rings is 1. The van der Waals surface area contributed by atoms with Gasteiger partial charge in [0, 0.05) is 0 Å². The summed E-state index contributed by atoms with van der Waals surface area (Å²) in [4.78, 5) is 10.5. The Balaban J connectivity index is 2.30. The summed E-state index contributed by atoms with van der Waals surface area (Å²) in [7, 11) is 0. The molecule has 1 aromatic heterocycles. The van der Waals surface area contributed by atoms with Crippen LogP contribution in [0.1, 0.15) is 5.56 Å². The highest BCUT2D eigenvalue weighted by atomic mass is 32.2. The van der Waals surface area contributed by atoms with Crippen molar-refractivity contribution in [1.82, 2.24) is 14.8 Å². The van der Waals surface area contributed by atoms with Crippen molar-refractivity contribution in [1.29, 1.82) is 0 Å². The van der Waals surface area contributed by atoms with Crippen molar-refractivity contribution >= 4 is 17.7 Å². The van der Waals surface area contributed by atoms with E-state index in [1.807, 2.05) is 0 Å². The van der Waals surface area contributed by atoms with E-state index in [4.69, 9.17) is 5.11 Å². The van der Waals surface area contributed by atoms with Crippen molar-refractivity contribution in [3.63, 3.8) is 0 Å². The van der Waals surface area contributed by atoms with Crippen LogP contribution in [-0.4, -0.2) is 31.6 Å². The number of carbonyl (C=O) groups is 1. The van der Waals surface area contributed by atoms with Gasteiger partial charge in [-0.15, -0.1) is 10.2 Å². The van der Waals surface area contributed by atoms with Crippen LogP contribution in [0.5, 0.6) is 0 Å². The van der Waals surface area contributed by atoms with Gasteiger partial charge in [-0.2, -0.15) is 0 Å². The molecule has 94 valence electrons. The molecule has 0 aliphatic rings. The Kier molecular flexibility index (Phi) is 3.61. The summed E-state index contributed by atoms with van der Waals surface area (Å²) in [6, 6.07) is 4.74.